The molecule has 1 aromatic carbocycles. The SMILES string of the molecule is Cn1c(CCN)cc2ccc(Br)cc21. The van der Waals surface area contributed by atoms with Crippen LogP contribution in [0.2, 0.25) is 0 Å². The first kappa shape index (κ1) is 9.74. The molecule has 74 valence electrons. The Hall–Kier alpha value is -0.800. The number of aromatic nitrogens is 1. The first-order chi connectivity index (χ1) is 6.72. The van der Waals surface area contributed by atoms with Gasteiger partial charge in [-0.15, -0.1) is 0 Å². The molecule has 0 fully saturated rings. The fraction of sp³-hybridized carbons (Fsp3) is 0.273. The number of nitrogens with zero attached hydrogens (tertiary/aromatic N) is 1. The van der Waals surface area contributed by atoms with E-state index in [1.165, 1.54) is 16.6 Å². The van der Waals surface area contributed by atoms with Gasteiger partial charge in [0.25, 0.3) is 0 Å². The molecule has 0 amide bonds. The summed E-state index contributed by atoms with van der Waals surface area (Å²) in [7, 11) is 2.08. The quantitative estimate of drug-likeness (QED) is 0.875. The lowest BCUT2D eigenvalue weighted by molar-refractivity contribution is 0.827. The number of rotatable bonds is 2. The van der Waals surface area contributed by atoms with Crippen LogP contribution in [0.1, 0.15) is 5.69 Å². The molecule has 1 heterocycles. The van der Waals surface area contributed by atoms with E-state index in [0.717, 1.165) is 10.9 Å². The summed E-state index contributed by atoms with van der Waals surface area (Å²) in [6, 6.07) is 8.53. The lowest BCUT2D eigenvalue weighted by Gasteiger charge is -2.01. The summed E-state index contributed by atoms with van der Waals surface area (Å²) in [5.74, 6) is 0. The van der Waals surface area contributed by atoms with Crippen molar-refractivity contribution in [1.29, 1.82) is 0 Å². The molecule has 0 bridgehead atoms. The van der Waals surface area contributed by atoms with Crippen molar-refractivity contribution in [1.82, 2.24) is 4.57 Å². The van der Waals surface area contributed by atoms with Gasteiger partial charge in [0.1, 0.15) is 0 Å². The lowest BCUT2D eigenvalue weighted by Crippen LogP contribution is -2.06. The molecule has 2 aromatic rings. The van der Waals surface area contributed by atoms with E-state index in [4.69, 9.17) is 5.73 Å². The molecule has 0 unspecified atom stereocenters. The molecule has 0 saturated heterocycles. The molecule has 2 nitrogen and oxygen atoms in total. The first-order valence-corrected chi connectivity index (χ1v) is 5.45. The van der Waals surface area contributed by atoms with E-state index >= 15 is 0 Å². The van der Waals surface area contributed by atoms with Crippen molar-refractivity contribution in [3.05, 3.63) is 34.4 Å². The minimum atomic E-state index is 0.700. The topological polar surface area (TPSA) is 30.9 Å². The Balaban J connectivity index is 2.62. The zero-order valence-electron chi connectivity index (χ0n) is 8.13. The van der Waals surface area contributed by atoms with E-state index in [2.05, 4.69) is 51.8 Å². The molecule has 2 rings (SSSR count). The van der Waals surface area contributed by atoms with E-state index in [1.54, 1.807) is 0 Å². The molecule has 0 radical (unpaired) electrons. The van der Waals surface area contributed by atoms with Crippen LogP contribution >= 0.6 is 15.9 Å². The van der Waals surface area contributed by atoms with Crippen molar-refractivity contribution in [3.8, 4) is 0 Å². The van der Waals surface area contributed by atoms with Crippen molar-refractivity contribution < 1.29 is 0 Å². The fourth-order valence-electron chi connectivity index (χ4n) is 1.75. The van der Waals surface area contributed by atoms with Crippen LogP contribution in [0.25, 0.3) is 10.9 Å². The monoisotopic (exact) mass is 252 g/mol. The highest BCUT2D eigenvalue weighted by Crippen LogP contribution is 2.22. The minimum absolute atomic E-state index is 0.700. The molecule has 0 aliphatic heterocycles. The summed E-state index contributed by atoms with van der Waals surface area (Å²) in [6.07, 6.45) is 0.933. The summed E-state index contributed by atoms with van der Waals surface area (Å²) in [4.78, 5) is 0. The number of nitrogens with two attached hydrogens (primary N) is 1. The zero-order valence-corrected chi connectivity index (χ0v) is 9.71. The van der Waals surface area contributed by atoms with Crippen molar-refractivity contribution in [3.63, 3.8) is 0 Å². The maximum absolute atomic E-state index is 5.56. The van der Waals surface area contributed by atoms with Crippen LogP contribution in [-0.2, 0) is 13.5 Å². The summed E-state index contributed by atoms with van der Waals surface area (Å²) in [5, 5.41) is 1.28. The van der Waals surface area contributed by atoms with Gasteiger partial charge in [0.2, 0.25) is 0 Å². The molecule has 14 heavy (non-hydrogen) atoms. The first-order valence-electron chi connectivity index (χ1n) is 4.66. The van der Waals surface area contributed by atoms with Gasteiger partial charge in [0.05, 0.1) is 0 Å². The Morgan fingerprint density at radius 2 is 2.14 bits per heavy atom. The minimum Gasteiger partial charge on any atom is -0.348 e. The van der Waals surface area contributed by atoms with Gasteiger partial charge in [0, 0.05) is 22.7 Å². The van der Waals surface area contributed by atoms with Crippen LogP contribution in [0.4, 0.5) is 0 Å². The van der Waals surface area contributed by atoms with Crippen LogP contribution in [0.3, 0.4) is 0 Å². The van der Waals surface area contributed by atoms with Gasteiger partial charge >= 0.3 is 0 Å². The molecule has 1 aromatic heterocycles. The lowest BCUT2D eigenvalue weighted by atomic mass is 10.2. The average Bonchev–Trinajstić information content (AvgIpc) is 2.46. The second-order valence-electron chi connectivity index (χ2n) is 3.44. The Morgan fingerprint density at radius 1 is 1.36 bits per heavy atom. The molecule has 0 aliphatic rings. The molecule has 0 aliphatic carbocycles. The maximum Gasteiger partial charge on any atom is 0.0491 e. The number of halogens is 1. The molecule has 3 heteroatoms. The molecule has 0 atom stereocenters. The summed E-state index contributed by atoms with van der Waals surface area (Å²) in [5.41, 5.74) is 8.10. The second-order valence-corrected chi connectivity index (χ2v) is 4.35. The normalized spacial score (nSPS) is 11.1. The van der Waals surface area contributed by atoms with Gasteiger partial charge in [-0.05, 0) is 36.6 Å². The predicted octanol–water partition coefficient (Wildman–Crippen LogP) is 2.44. The van der Waals surface area contributed by atoms with Crippen LogP contribution in [-0.4, -0.2) is 11.1 Å². The number of benzene rings is 1. The highest BCUT2D eigenvalue weighted by Gasteiger charge is 2.04. The van der Waals surface area contributed by atoms with Gasteiger partial charge in [-0.1, -0.05) is 22.0 Å². The summed E-state index contributed by atoms with van der Waals surface area (Å²) >= 11 is 3.48. The van der Waals surface area contributed by atoms with Gasteiger partial charge < -0.3 is 10.3 Å². The molecular weight excluding hydrogens is 240 g/mol. The van der Waals surface area contributed by atoms with Crippen molar-refractivity contribution in [2.24, 2.45) is 12.8 Å². The van der Waals surface area contributed by atoms with Gasteiger partial charge in [-0.3, -0.25) is 0 Å². The van der Waals surface area contributed by atoms with Crippen LogP contribution in [0.5, 0.6) is 0 Å². The van der Waals surface area contributed by atoms with Crippen molar-refractivity contribution in [2.75, 3.05) is 6.54 Å². The number of hydrogen-bond acceptors (Lipinski definition) is 1. The summed E-state index contributed by atoms with van der Waals surface area (Å²) in [6.45, 7) is 0.700. The van der Waals surface area contributed by atoms with E-state index in [0.29, 0.717) is 6.54 Å². The maximum atomic E-state index is 5.56. The van der Waals surface area contributed by atoms with E-state index in [1.807, 2.05) is 0 Å². The highest BCUT2D eigenvalue weighted by molar-refractivity contribution is 9.10. The molecule has 0 saturated carbocycles. The number of aryl methyl sites for hydroxylation is 1. The third-order valence-electron chi connectivity index (χ3n) is 2.51. The van der Waals surface area contributed by atoms with Crippen molar-refractivity contribution in [2.45, 2.75) is 6.42 Å². The van der Waals surface area contributed by atoms with Crippen LogP contribution in [0, 0.1) is 0 Å². The zero-order chi connectivity index (χ0) is 10.1. The summed E-state index contributed by atoms with van der Waals surface area (Å²) < 4.78 is 3.32. The van der Waals surface area contributed by atoms with E-state index in [-0.39, 0.29) is 0 Å². The Labute approximate surface area is 91.8 Å². The molecular formula is C11H13BrN2. The van der Waals surface area contributed by atoms with E-state index in [9.17, 15) is 0 Å². The third-order valence-corrected chi connectivity index (χ3v) is 3.00. The Bertz CT molecular complexity index is 460. The Kier molecular flexibility index (Phi) is 2.61. The van der Waals surface area contributed by atoms with Gasteiger partial charge in [-0.25, -0.2) is 0 Å². The smallest absolute Gasteiger partial charge is 0.0491 e. The van der Waals surface area contributed by atoms with Crippen LogP contribution < -0.4 is 5.73 Å². The molecule has 0 spiro atoms. The number of hydrogen-bond donors (Lipinski definition) is 1. The van der Waals surface area contributed by atoms with Gasteiger partial charge in [-0.2, -0.15) is 0 Å². The van der Waals surface area contributed by atoms with Gasteiger partial charge in [0.15, 0.2) is 0 Å². The third kappa shape index (κ3) is 1.57. The number of fused-ring (bicyclic) bond motifs is 1. The largest absolute Gasteiger partial charge is 0.348 e. The standard InChI is InChI=1S/C11H13BrN2/c1-14-10(4-5-13)6-8-2-3-9(12)7-11(8)14/h2-3,6-7H,4-5,13H2,1H3. The Morgan fingerprint density at radius 3 is 2.86 bits per heavy atom. The van der Waals surface area contributed by atoms with Crippen LogP contribution in [0.15, 0.2) is 28.7 Å². The van der Waals surface area contributed by atoms with Crippen molar-refractivity contribution >= 4 is 26.8 Å². The molecule has 2 N–H and O–H groups in total. The fourth-order valence-corrected chi connectivity index (χ4v) is 2.10. The average molecular weight is 253 g/mol. The second kappa shape index (κ2) is 3.75. The highest BCUT2D eigenvalue weighted by atomic mass is 79.9. The van der Waals surface area contributed by atoms with E-state index < -0.39 is 0 Å². The predicted molar refractivity (Wildman–Crippen MR) is 63.4 cm³/mol.